The Balaban J connectivity index is 1.95. The first-order valence-electron chi connectivity index (χ1n) is 9.88. The van der Waals surface area contributed by atoms with Crippen molar-refractivity contribution in [2.24, 2.45) is 29.1 Å². The van der Waals surface area contributed by atoms with Crippen molar-refractivity contribution in [1.29, 1.82) is 0 Å². The topological polar surface area (TPSA) is 145 Å². The van der Waals surface area contributed by atoms with Crippen molar-refractivity contribution in [2.75, 3.05) is 6.61 Å². The molecule has 0 saturated heterocycles. The van der Waals surface area contributed by atoms with Crippen LogP contribution in [0.15, 0.2) is 23.3 Å². The van der Waals surface area contributed by atoms with Crippen LogP contribution in [0, 0.1) is 29.1 Å². The second kappa shape index (κ2) is 5.69. The van der Waals surface area contributed by atoms with Gasteiger partial charge in [-0.1, -0.05) is 32.9 Å². The van der Waals surface area contributed by atoms with Crippen LogP contribution in [0.3, 0.4) is 0 Å². The van der Waals surface area contributed by atoms with Gasteiger partial charge in [0, 0.05) is 35.5 Å². The largest absolute Gasteiger partial charge is 0.506 e. The molecular weight excluding hydrogens is 380 g/mol. The Morgan fingerprint density at radius 2 is 1.86 bits per heavy atom. The molecule has 0 aliphatic heterocycles. The second-order valence-corrected chi connectivity index (χ2v) is 9.77. The summed E-state index contributed by atoms with van der Waals surface area (Å²) in [5, 5.41) is 54.0. The Hall–Kier alpha value is -1.74. The molecule has 160 valence electrons. The predicted octanol–water partition coefficient (Wildman–Crippen LogP) is 0.632. The molecule has 8 heteroatoms. The summed E-state index contributed by atoms with van der Waals surface area (Å²) in [5.41, 5.74) is -5.28. The zero-order chi connectivity index (χ0) is 21.7. The minimum atomic E-state index is -1.95. The Labute approximate surface area is 168 Å². The first-order valence-corrected chi connectivity index (χ1v) is 9.88. The molecule has 0 heterocycles. The smallest absolute Gasteiger partial charge is 0.450 e. The first-order chi connectivity index (χ1) is 13.3. The highest BCUT2D eigenvalue weighted by molar-refractivity contribution is 6.04. The maximum absolute atomic E-state index is 12.8. The maximum Gasteiger partial charge on any atom is 0.506 e. The van der Waals surface area contributed by atoms with E-state index in [2.05, 4.69) is 0 Å². The summed E-state index contributed by atoms with van der Waals surface area (Å²) in [7, 11) is 0. The van der Waals surface area contributed by atoms with Gasteiger partial charge >= 0.3 is 6.16 Å². The lowest BCUT2D eigenvalue weighted by Crippen LogP contribution is -2.65. The second-order valence-electron chi connectivity index (χ2n) is 9.77. The van der Waals surface area contributed by atoms with Crippen LogP contribution in [0.1, 0.15) is 34.1 Å². The number of aliphatic hydroxyl groups is 4. The summed E-state index contributed by atoms with van der Waals surface area (Å²) < 4.78 is 5.09. The number of Topliss-reactive ketones (excluding diaryl/α,β-unsaturated/α-hetero) is 1. The fourth-order valence-corrected chi connectivity index (χ4v) is 6.72. The number of hydrogen-bond donors (Lipinski definition) is 5. The van der Waals surface area contributed by atoms with E-state index in [1.807, 2.05) is 0 Å². The number of fused-ring (bicyclic) bond motifs is 5. The monoisotopic (exact) mass is 408 g/mol. The SMILES string of the molecule is CC1=C[C@H]2[C@@]3(O)[C@H](C)[C@@H](OC(=O)O)[C@]4(O)[C@H]([C@@H]3C=C(CO)C[C@]2(O)C1=O)C4(C)C. The third-order valence-corrected chi connectivity index (χ3v) is 8.23. The van der Waals surface area contributed by atoms with Crippen LogP contribution in [0.4, 0.5) is 4.79 Å². The Bertz CT molecular complexity index is 859. The van der Waals surface area contributed by atoms with Gasteiger partial charge in [0.15, 0.2) is 5.78 Å². The predicted molar refractivity (Wildman–Crippen MR) is 99.7 cm³/mol. The molecule has 0 aromatic heterocycles. The van der Waals surface area contributed by atoms with E-state index in [9.17, 15) is 35.1 Å². The number of ketones is 1. The number of carboxylic acid groups (broad SMARTS) is 1. The molecule has 5 N–H and O–H groups in total. The van der Waals surface area contributed by atoms with Crippen molar-refractivity contribution < 1.29 is 39.9 Å². The molecule has 0 radical (unpaired) electrons. The van der Waals surface area contributed by atoms with Gasteiger partial charge in [0.05, 0.1) is 12.2 Å². The van der Waals surface area contributed by atoms with Crippen LogP contribution in [0.2, 0.25) is 0 Å². The zero-order valence-electron chi connectivity index (χ0n) is 16.9. The Morgan fingerprint density at radius 1 is 1.24 bits per heavy atom. The molecule has 0 unspecified atom stereocenters. The van der Waals surface area contributed by atoms with Crippen LogP contribution in [-0.2, 0) is 9.53 Å². The molecule has 4 aliphatic carbocycles. The summed E-state index contributed by atoms with van der Waals surface area (Å²) in [5.74, 6) is -3.75. The quantitative estimate of drug-likeness (QED) is 0.331. The van der Waals surface area contributed by atoms with Crippen LogP contribution >= 0.6 is 0 Å². The Morgan fingerprint density at radius 3 is 2.41 bits per heavy atom. The van der Waals surface area contributed by atoms with Gasteiger partial charge in [-0.15, -0.1) is 0 Å². The highest BCUT2D eigenvalue weighted by atomic mass is 16.7. The first kappa shape index (κ1) is 20.5. The van der Waals surface area contributed by atoms with Gasteiger partial charge < -0.3 is 30.3 Å². The van der Waals surface area contributed by atoms with Gasteiger partial charge in [0.25, 0.3) is 0 Å². The fraction of sp³-hybridized carbons (Fsp3) is 0.714. The number of aliphatic hydroxyl groups excluding tert-OH is 1. The van der Waals surface area contributed by atoms with Crippen molar-refractivity contribution in [2.45, 2.75) is 57.0 Å². The zero-order valence-corrected chi connectivity index (χ0v) is 16.9. The molecule has 8 nitrogen and oxygen atoms in total. The maximum atomic E-state index is 12.8. The van der Waals surface area contributed by atoms with Crippen molar-refractivity contribution in [3.05, 3.63) is 23.3 Å². The summed E-state index contributed by atoms with van der Waals surface area (Å²) in [6.07, 6.45) is 0.257. The van der Waals surface area contributed by atoms with E-state index in [1.165, 1.54) is 6.08 Å². The number of ether oxygens (including phenoxy) is 1. The van der Waals surface area contributed by atoms with Crippen LogP contribution in [-0.4, -0.2) is 67.0 Å². The molecule has 4 aliphatic rings. The van der Waals surface area contributed by atoms with E-state index < -0.39 is 70.5 Å². The van der Waals surface area contributed by atoms with Gasteiger partial charge in [0.2, 0.25) is 0 Å². The lowest BCUT2D eigenvalue weighted by Gasteiger charge is -2.52. The number of hydrogen-bond acceptors (Lipinski definition) is 7. The van der Waals surface area contributed by atoms with Crippen molar-refractivity contribution in [3.8, 4) is 0 Å². The number of rotatable bonds is 2. The van der Waals surface area contributed by atoms with Crippen molar-refractivity contribution in [1.82, 2.24) is 0 Å². The average Bonchev–Trinajstić information content (AvgIpc) is 3.02. The number of carbonyl (C=O) groups is 2. The van der Waals surface area contributed by atoms with Crippen molar-refractivity contribution in [3.63, 3.8) is 0 Å². The van der Waals surface area contributed by atoms with E-state index in [4.69, 9.17) is 4.74 Å². The summed E-state index contributed by atoms with van der Waals surface area (Å²) >= 11 is 0. The number of carbonyl (C=O) groups excluding carboxylic acids is 1. The van der Waals surface area contributed by atoms with Crippen LogP contribution in [0.25, 0.3) is 0 Å². The summed E-state index contributed by atoms with van der Waals surface area (Å²) in [6, 6.07) is 0. The standard InChI is InChI=1S/C21H28O8/c1-9-5-13-19(26,15(9)23)7-11(8-22)6-12-14-18(3,4)21(14,28)16(29-17(24)25)10(2)20(12,13)27/h5-6,10,12-14,16,22,26-28H,7-8H2,1-4H3,(H,24,25)/t10-,12+,13-,14-,16-,19-,20-,21-/m1/s1. The van der Waals surface area contributed by atoms with E-state index in [0.29, 0.717) is 11.1 Å². The summed E-state index contributed by atoms with van der Waals surface area (Å²) in [6.45, 7) is 6.29. The van der Waals surface area contributed by atoms with Gasteiger partial charge in [-0.2, -0.15) is 0 Å². The Kier molecular flexibility index (Phi) is 4.03. The van der Waals surface area contributed by atoms with E-state index >= 15 is 0 Å². The molecule has 0 amide bonds. The van der Waals surface area contributed by atoms with Gasteiger partial charge in [0.1, 0.15) is 17.3 Å². The molecule has 8 atom stereocenters. The minimum absolute atomic E-state index is 0.137. The molecular formula is C21H28O8. The molecule has 4 rings (SSSR count). The molecule has 29 heavy (non-hydrogen) atoms. The van der Waals surface area contributed by atoms with Crippen molar-refractivity contribution >= 4 is 11.9 Å². The van der Waals surface area contributed by atoms with E-state index in [-0.39, 0.29) is 6.42 Å². The van der Waals surface area contributed by atoms with Crippen LogP contribution in [0.5, 0.6) is 0 Å². The van der Waals surface area contributed by atoms with E-state index in [0.717, 1.165) is 0 Å². The van der Waals surface area contributed by atoms with Gasteiger partial charge in [-0.3, -0.25) is 4.79 Å². The van der Waals surface area contributed by atoms with Gasteiger partial charge in [-0.05, 0) is 18.1 Å². The van der Waals surface area contributed by atoms with Gasteiger partial charge in [-0.25, -0.2) is 4.79 Å². The minimum Gasteiger partial charge on any atom is -0.450 e. The molecule has 0 aromatic carbocycles. The molecule has 0 bridgehead atoms. The normalized spacial score (nSPS) is 49.8. The summed E-state index contributed by atoms with van der Waals surface area (Å²) in [4.78, 5) is 24.2. The highest BCUT2D eigenvalue weighted by Gasteiger charge is 2.85. The lowest BCUT2D eigenvalue weighted by atomic mass is 9.59. The van der Waals surface area contributed by atoms with Crippen LogP contribution < -0.4 is 0 Å². The molecule has 0 spiro atoms. The third-order valence-electron chi connectivity index (χ3n) is 8.23. The fourth-order valence-electron chi connectivity index (χ4n) is 6.72. The lowest BCUT2D eigenvalue weighted by molar-refractivity contribution is -0.211. The average molecular weight is 408 g/mol. The molecule has 2 saturated carbocycles. The van der Waals surface area contributed by atoms with E-state index in [1.54, 1.807) is 33.8 Å². The third kappa shape index (κ3) is 2.18. The highest BCUT2D eigenvalue weighted by Crippen LogP contribution is 2.75. The molecule has 0 aromatic rings. The molecule has 2 fully saturated rings.